The Labute approximate surface area is 97.2 Å². The van der Waals surface area contributed by atoms with E-state index in [0.29, 0.717) is 0 Å². The van der Waals surface area contributed by atoms with Crippen LogP contribution in [0.25, 0.3) is 0 Å². The fourth-order valence-electron chi connectivity index (χ4n) is 1.55. The van der Waals surface area contributed by atoms with Crippen LogP contribution >= 0.6 is 22.6 Å². The number of hydrazine groups is 1. The molecule has 0 amide bonds. The van der Waals surface area contributed by atoms with Gasteiger partial charge in [-0.15, -0.1) is 0 Å². The Morgan fingerprint density at radius 2 is 2.07 bits per heavy atom. The normalized spacial score (nSPS) is 18.1. The van der Waals surface area contributed by atoms with Crippen LogP contribution in [0.5, 0.6) is 0 Å². The Hall–Kier alpha value is -0.430. The van der Waals surface area contributed by atoms with Gasteiger partial charge >= 0.3 is 0 Å². The lowest BCUT2D eigenvalue weighted by Crippen LogP contribution is -2.35. The lowest BCUT2D eigenvalue weighted by molar-refractivity contribution is 0.272. The summed E-state index contributed by atoms with van der Waals surface area (Å²) in [5.74, 6) is 0.919. The van der Waals surface area contributed by atoms with E-state index >= 15 is 0 Å². The summed E-state index contributed by atoms with van der Waals surface area (Å²) in [6.45, 7) is 2.22. The van der Waals surface area contributed by atoms with E-state index in [1.807, 2.05) is 6.20 Å². The smallest absolute Gasteiger partial charge is 0.157 e. The van der Waals surface area contributed by atoms with E-state index in [4.69, 9.17) is 0 Å². The van der Waals surface area contributed by atoms with Crippen LogP contribution in [0.1, 0.15) is 19.3 Å². The van der Waals surface area contributed by atoms with Crippen LogP contribution in [0.2, 0.25) is 0 Å². The summed E-state index contributed by atoms with van der Waals surface area (Å²) in [5, 5.41) is 2.23. The van der Waals surface area contributed by atoms with E-state index in [9.17, 15) is 0 Å². The average molecular weight is 304 g/mol. The van der Waals surface area contributed by atoms with Crippen LogP contribution in [0, 0.1) is 3.57 Å². The van der Waals surface area contributed by atoms with Crippen molar-refractivity contribution in [1.82, 2.24) is 15.0 Å². The number of hydrogen-bond acceptors (Lipinski definition) is 4. The van der Waals surface area contributed by atoms with Gasteiger partial charge in [-0.25, -0.2) is 15.0 Å². The van der Waals surface area contributed by atoms with Crippen molar-refractivity contribution >= 4 is 28.4 Å². The zero-order valence-electron chi connectivity index (χ0n) is 7.91. The van der Waals surface area contributed by atoms with Crippen LogP contribution in [-0.4, -0.2) is 28.1 Å². The number of hydrogen-bond donors (Lipinski definition) is 1. The van der Waals surface area contributed by atoms with Crippen molar-refractivity contribution in [3.8, 4) is 0 Å². The van der Waals surface area contributed by atoms with Gasteiger partial charge in [0.25, 0.3) is 0 Å². The molecule has 0 atom stereocenters. The summed E-state index contributed by atoms with van der Waals surface area (Å²) in [7, 11) is 0. The Morgan fingerprint density at radius 3 is 2.79 bits per heavy atom. The molecule has 1 aliphatic rings. The zero-order chi connectivity index (χ0) is 9.80. The minimum absolute atomic E-state index is 0.919. The first-order valence-electron chi connectivity index (χ1n) is 4.83. The lowest BCUT2D eigenvalue weighted by Gasteiger charge is -2.27. The fourth-order valence-corrected chi connectivity index (χ4v) is 1.97. The number of halogens is 1. The lowest BCUT2D eigenvalue weighted by atomic mass is 10.2. The summed E-state index contributed by atoms with van der Waals surface area (Å²) in [6, 6.07) is 0. The molecule has 0 spiro atoms. The number of nitrogens with one attached hydrogen (secondary N) is 1. The minimum Gasteiger partial charge on any atom is -0.302 e. The number of anilines is 1. The Balaban J connectivity index is 1.99. The maximum absolute atomic E-state index is 4.20. The topological polar surface area (TPSA) is 41.1 Å². The summed E-state index contributed by atoms with van der Waals surface area (Å²) in [4.78, 5) is 8.16. The predicted molar refractivity (Wildman–Crippen MR) is 63.8 cm³/mol. The zero-order valence-corrected chi connectivity index (χ0v) is 10.1. The Kier molecular flexibility index (Phi) is 3.52. The summed E-state index contributed by atoms with van der Waals surface area (Å²) >= 11 is 2.24. The van der Waals surface area contributed by atoms with Crippen molar-refractivity contribution in [2.45, 2.75) is 19.3 Å². The monoisotopic (exact) mass is 304 g/mol. The molecule has 1 aromatic rings. The molecule has 2 heterocycles. The van der Waals surface area contributed by atoms with E-state index in [1.165, 1.54) is 19.3 Å². The molecule has 76 valence electrons. The second-order valence-corrected chi connectivity index (χ2v) is 4.54. The van der Waals surface area contributed by atoms with Gasteiger partial charge in [0, 0.05) is 19.3 Å². The van der Waals surface area contributed by atoms with Crippen molar-refractivity contribution in [2.24, 2.45) is 0 Å². The first-order valence-corrected chi connectivity index (χ1v) is 5.91. The molecule has 0 aromatic carbocycles. The van der Waals surface area contributed by atoms with E-state index in [2.05, 4.69) is 43.0 Å². The number of aromatic nitrogens is 2. The molecule has 14 heavy (non-hydrogen) atoms. The molecule has 4 nitrogen and oxygen atoms in total. The van der Waals surface area contributed by atoms with Crippen LogP contribution in [0.4, 0.5) is 5.82 Å². The molecule has 1 N–H and O–H groups in total. The van der Waals surface area contributed by atoms with Crippen LogP contribution in [0.15, 0.2) is 12.5 Å². The summed E-state index contributed by atoms with van der Waals surface area (Å²) in [6.07, 6.45) is 7.29. The van der Waals surface area contributed by atoms with Gasteiger partial charge < -0.3 is 5.43 Å². The van der Waals surface area contributed by atoms with E-state index < -0.39 is 0 Å². The highest BCUT2D eigenvalue weighted by molar-refractivity contribution is 14.1. The second-order valence-electron chi connectivity index (χ2n) is 3.38. The third kappa shape index (κ3) is 2.54. The molecule has 0 saturated carbocycles. The van der Waals surface area contributed by atoms with Gasteiger partial charge in [-0.2, -0.15) is 0 Å². The molecule has 2 rings (SSSR count). The largest absolute Gasteiger partial charge is 0.302 e. The van der Waals surface area contributed by atoms with Crippen molar-refractivity contribution < 1.29 is 0 Å². The highest BCUT2D eigenvalue weighted by atomic mass is 127. The standard InChI is InChI=1S/C9H13IN4/c10-8-6-11-7-12-9(8)13-14-4-2-1-3-5-14/h6-7H,1-5H2,(H,11,12,13). The highest BCUT2D eigenvalue weighted by Crippen LogP contribution is 2.15. The fraction of sp³-hybridized carbons (Fsp3) is 0.556. The average Bonchev–Trinajstić information content (AvgIpc) is 2.23. The molecule has 0 aliphatic carbocycles. The van der Waals surface area contributed by atoms with Crippen LogP contribution in [0.3, 0.4) is 0 Å². The number of piperidine rings is 1. The first-order chi connectivity index (χ1) is 6.86. The van der Waals surface area contributed by atoms with Crippen molar-refractivity contribution in [1.29, 1.82) is 0 Å². The summed E-state index contributed by atoms with van der Waals surface area (Å²) in [5.41, 5.74) is 3.32. The van der Waals surface area contributed by atoms with Crippen molar-refractivity contribution in [2.75, 3.05) is 18.5 Å². The van der Waals surface area contributed by atoms with Gasteiger partial charge in [-0.3, -0.25) is 0 Å². The predicted octanol–water partition coefficient (Wildman–Crippen LogP) is 1.89. The molecule has 0 radical (unpaired) electrons. The van der Waals surface area contributed by atoms with Crippen molar-refractivity contribution in [3.63, 3.8) is 0 Å². The van der Waals surface area contributed by atoms with Gasteiger partial charge in [0.15, 0.2) is 5.82 Å². The molecule has 1 saturated heterocycles. The SMILES string of the molecule is Ic1cncnc1NN1CCCCC1. The van der Waals surface area contributed by atoms with Gasteiger partial charge in [-0.1, -0.05) is 6.42 Å². The van der Waals surface area contributed by atoms with Gasteiger partial charge in [0.1, 0.15) is 6.33 Å². The van der Waals surface area contributed by atoms with E-state index in [-0.39, 0.29) is 0 Å². The minimum atomic E-state index is 0.919. The second kappa shape index (κ2) is 4.88. The van der Waals surface area contributed by atoms with Gasteiger partial charge in [-0.05, 0) is 35.4 Å². The molecule has 1 aromatic heterocycles. The quantitative estimate of drug-likeness (QED) is 0.847. The van der Waals surface area contributed by atoms with Gasteiger partial charge in [0.2, 0.25) is 0 Å². The molecule has 1 fully saturated rings. The molecular weight excluding hydrogens is 291 g/mol. The van der Waals surface area contributed by atoms with E-state index in [1.54, 1.807) is 6.33 Å². The van der Waals surface area contributed by atoms with E-state index in [0.717, 1.165) is 22.5 Å². The van der Waals surface area contributed by atoms with Gasteiger partial charge in [0.05, 0.1) is 3.57 Å². The Morgan fingerprint density at radius 1 is 1.29 bits per heavy atom. The number of rotatable bonds is 2. The highest BCUT2D eigenvalue weighted by Gasteiger charge is 2.11. The molecule has 0 bridgehead atoms. The van der Waals surface area contributed by atoms with Crippen LogP contribution in [-0.2, 0) is 0 Å². The molecule has 0 unspecified atom stereocenters. The number of nitrogens with zero attached hydrogens (tertiary/aromatic N) is 3. The van der Waals surface area contributed by atoms with Crippen molar-refractivity contribution in [3.05, 3.63) is 16.1 Å². The summed E-state index contributed by atoms with van der Waals surface area (Å²) < 4.78 is 1.07. The maximum atomic E-state index is 4.20. The third-order valence-corrected chi connectivity index (χ3v) is 3.08. The maximum Gasteiger partial charge on any atom is 0.157 e. The van der Waals surface area contributed by atoms with Crippen LogP contribution < -0.4 is 5.43 Å². The molecular formula is C9H13IN4. The first kappa shape index (κ1) is 10.1. The Bertz CT molecular complexity index is 299. The molecule has 1 aliphatic heterocycles. The third-order valence-electron chi connectivity index (χ3n) is 2.29. The molecule has 5 heteroatoms.